The van der Waals surface area contributed by atoms with Gasteiger partial charge in [0.1, 0.15) is 0 Å². The number of hydrogen-bond donors (Lipinski definition) is 1. The van der Waals surface area contributed by atoms with Crippen LogP contribution in [0.1, 0.15) is 65.2 Å². The Hall–Kier alpha value is -0.440. The van der Waals surface area contributed by atoms with E-state index in [4.69, 9.17) is 0 Å². The first-order chi connectivity index (χ1) is 10.4. The first-order valence-corrected chi connectivity index (χ1v) is 9.23. The lowest BCUT2D eigenvalue weighted by Gasteiger charge is -2.59. The molecule has 2 nitrogen and oxygen atoms in total. The van der Waals surface area contributed by atoms with Crippen molar-refractivity contribution in [3.05, 3.63) is 0 Å². The smallest absolute Gasteiger partial charge is 0.173 e. The van der Waals surface area contributed by atoms with Crippen molar-refractivity contribution in [2.75, 3.05) is 0 Å². The van der Waals surface area contributed by atoms with E-state index < -0.39 is 11.6 Å². The molecule has 0 bridgehead atoms. The van der Waals surface area contributed by atoms with Crippen molar-refractivity contribution in [2.45, 2.75) is 77.5 Å². The van der Waals surface area contributed by atoms with Crippen molar-refractivity contribution in [2.24, 2.45) is 34.5 Å². The van der Waals surface area contributed by atoms with E-state index in [1.54, 1.807) is 0 Å². The Balaban J connectivity index is 1.64. The molecule has 4 saturated carbocycles. The van der Waals surface area contributed by atoms with Crippen molar-refractivity contribution >= 4 is 5.78 Å². The van der Waals surface area contributed by atoms with Crippen LogP contribution in [0.3, 0.4) is 0 Å². The summed E-state index contributed by atoms with van der Waals surface area (Å²) >= 11 is 0. The molecule has 4 fully saturated rings. The molecule has 0 aromatic heterocycles. The number of rotatable bonds is 0. The fourth-order valence-electron chi connectivity index (χ4n) is 6.98. The van der Waals surface area contributed by atoms with Gasteiger partial charge in [-0.25, -0.2) is 4.39 Å². The molecule has 0 heterocycles. The standard InChI is InChI=1S/C19H29FO2/c1-18-7-5-12(21)9-11(18)3-4-13-14(18)6-8-19(2)15(13)10-16(20)17(19)22/h11-16,21H,3-10H2,1-2H3/t11?,12-,13-,14+,15+,16-,18+,19+/m1/s1. The number of aliphatic hydroxyl groups is 1. The molecule has 8 atom stereocenters. The molecule has 4 aliphatic rings. The molecular weight excluding hydrogens is 279 g/mol. The van der Waals surface area contributed by atoms with Crippen LogP contribution < -0.4 is 0 Å². The molecular formula is C19H29FO2. The molecule has 1 unspecified atom stereocenters. The van der Waals surface area contributed by atoms with E-state index in [-0.39, 0.29) is 17.8 Å². The number of carbonyl (C=O) groups is 1. The molecule has 0 aromatic rings. The van der Waals surface area contributed by atoms with E-state index in [0.29, 0.717) is 29.6 Å². The van der Waals surface area contributed by atoms with Crippen LogP contribution in [0.15, 0.2) is 0 Å². The van der Waals surface area contributed by atoms with Crippen LogP contribution in [0.2, 0.25) is 0 Å². The topological polar surface area (TPSA) is 37.3 Å². The van der Waals surface area contributed by atoms with E-state index in [1.807, 2.05) is 6.92 Å². The van der Waals surface area contributed by atoms with Gasteiger partial charge in [-0.1, -0.05) is 13.8 Å². The van der Waals surface area contributed by atoms with Crippen LogP contribution in [-0.4, -0.2) is 23.2 Å². The second-order valence-corrected chi connectivity index (χ2v) is 9.11. The molecule has 1 N–H and O–H groups in total. The second-order valence-electron chi connectivity index (χ2n) is 9.11. The number of alkyl halides is 1. The van der Waals surface area contributed by atoms with Gasteiger partial charge in [0.25, 0.3) is 0 Å². The normalized spacial score (nSPS) is 57.9. The van der Waals surface area contributed by atoms with E-state index in [2.05, 4.69) is 6.92 Å². The van der Waals surface area contributed by atoms with Gasteiger partial charge in [-0.05, 0) is 80.5 Å². The predicted octanol–water partition coefficient (Wildman–Crippen LogP) is 3.91. The maximum Gasteiger partial charge on any atom is 0.173 e. The lowest BCUT2D eigenvalue weighted by molar-refractivity contribution is -0.143. The molecule has 0 spiro atoms. The Labute approximate surface area is 132 Å². The average molecular weight is 308 g/mol. The lowest BCUT2D eigenvalue weighted by atomic mass is 9.45. The van der Waals surface area contributed by atoms with E-state index in [1.165, 1.54) is 0 Å². The van der Waals surface area contributed by atoms with E-state index in [0.717, 1.165) is 44.9 Å². The van der Waals surface area contributed by atoms with Gasteiger partial charge in [0.05, 0.1) is 6.10 Å². The number of hydrogen-bond acceptors (Lipinski definition) is 2. The zero-order valence-electron chi connectivity index (χ0n) is 13.9. The third-order valence-electron chi connectivity index (χ3n) is 8.34. The molecule has 0 radical (unpaired) electrons. The van der Waals surface area contributed by atoms with Gasteiger partial charge in [-0.15, -0.1) is 0 Å². The van der Waals surface area contributed by atoms with Crippen LogP contribution >= 0.6 is 0 Å². The van der Waals surface area contributed by atoms with Crippen LogP contribution in [0.4, 0.5) is 4.39 Å². The number of ketones is 1. The molecule has 4 aliphatic carbocycles. The van der Waals surface area contributed by atoms with Crippen molar-refractivity contribution in [1.82, 2.24) is 0 Å². The van der Waals surface area contributed by atoms with Gasteiger partial charge in [0.15, 0.2) is 12.0 Å². The Morgan fingerprint density at radius 3 is 2.59 bits per heavy atom. The molecule has 3 heteroatoms. The monoisotopic (exact) mass is 308 g/mol. The van der Waals surface area contributed by atoms with Crippen molar-refractivity contribution in [1.29, 1.82) is 0 Å². The predicted molar refractivity (Wildman–Crippen MR) is 83.0 cm³/mol. The quantitative estimate of drug-likeness (QED) is 0.737. The summed E-state index contributed by atoms with van der Waals surface area (Å²) in [6.45, 7) is 4.46. The Bertz CT molecular complexity index is 492. The third kappa shape index (κ3) is 1.84. The first kappa shape index (κ1) is 15.1. The number of fused-ring (bicyclic) bond motifs is 5. The number of Topliss-reactive ketones (excluding diaryl/α,β-unsaturated/α-hetero) is 1. The van der Waals surface area contributed by atoms with Gasteiger partial charge in [-0.2, -0.15) is 0 Å². The fourth-order valence-corrected chi connectivity index (χ4v) is 6.98. The summed E-state index contributed by atoms with van der Waals surface area (Å²) in [6, 6.07) is 0. The molecule has 0 aliphatic heterocycles. The zero-order valence-corrected chi connectivity index (χ0v) is 13.9. The lowest BCUT2D eigenvalue weighted by Crippen LogP contribution is -2.54. The highest BCUT2D eigenvalue weighted by Gasteiger charge is 2.62. The number of aliphatic hydroxyl groups excluding tert-OH is 1. The van der Waals surface area contributed by atoms with Gasteiger partial charge in [0, 0.05) is 5.41 Å². The summed E-state index contributed by atoms with van der Waals surface area (Å²) < 4.78 is 14.1. The first-order valence-electron chi connectivity index (χ1n) is 9.23. The summed E-state index contributed by atoms with van der Waals surface area (Å²) in [5.41, 5.74) is -0.0844. The summed E-state index contributed by atoms with van der Waals surface area (Å²) in [4.78, 5) is 12.3. The van der Waals surface area contributed by atoms with Crippen molar-refractivity contribution in [3.8, 4) is 0 Å². The molecule has 22 heavy (non-hydrogen) atoms. The van der Waals surface area contributed by atoms with Crippen LogP contribution in [-0.2, 0) is 4.79 Å². The van der Waals surface area contributed by atoms with Crippen LogP contribution in [0.5, 0.6) is 0 Å². The van der Waals surface area contributed by atoms with Crippen LogP contribution in [0.25, 0.3) is 0 Å². The average Bonchev–Trinajstić information content (AvgIpc) is 2.72. The summed E-state index contributed by atoms with van der Waals surface area (Å²) in [6.07, 6.45) is 6.37. The zero-order chi connectivity index (χ0) is 15.7. The van der Waals surface area contributed by atoms with E-state index >= 15 is 0 Å². The van der Waals surface area contributed by atoms with Gasteiger partial charge < -0.3 is 5.11 Å². The number of carbonyl (C=O) groups excluding carboxylic acids is 1. The SMILES string of the molecule is C[C@]12CC[C@@H](O)CC1CC[C@@H]1[C@@H]2CC[C@]2(C)C(=O)[C@H](F)C[C@@H]12. The minimum absolute atomic E-state index is 0.109. The fraction of sp³-hybridized carbons (Fsp3) is 0.947. The number of halogens is 1. The molecule has 0 amide bonds. The summed E-state index contributed by atoms with van der Waals surface area (Å²) in [5.74, 6) is 1.94. The van der Waals surface area contributed by atoms with Crippen molar-refractivity contribution < 1.29 is 14.3 Å². The van der Waals surface area contributed by atoms with Crippen LogP contribution in [0, 0.1) is 34.5 Å². The highest BCUT2D eigenvalue weighted by molar-refractivity contribution is 5.91. The minimum atomic E-state index is -1.22. The second kappa shape index (κ2) is 4.78. The largest absolute Gasteiger partial charge is 0.393 e. The highest BCUT2D eigenvalue weighted by Crippen LogP contribution is 2.65. The Kier molecular flexibility index (Phi) is 3.28. The maximum atomic E-state index is 14.1. The molecule has 0 aromatic carbocycles. The Morgan fingerprint density at radius 1 is 1.05 bits per heavy atom. The Morgan fingerprint density at radius 2 is 1.82 bits per heavy atom. The third-order valence-corrected chi connectivity index (χ3v) is 8.34. The van der Waals surface area contributed by atoms with Gasteiger partial charge in [-0.3, -0.25) is 4.79 Å². The molecule has 124 valence electrons. The molecule has 4 rings (SSSR count). The van der Waals surface area contributed by atoms with Gasteiger partial charge >= 0.3 is 0 Å². The summed E-state index contributed by atoms with van der Waals surface area (Å²) in [7, 11) is 0. The molecule has 0 saturated heterocycles. The van der Waals surface area contributed by atoms with Gasteiger partial charge in [0.2, 0.25) is 0 Å². The maximum absolute atomic E-state index is 14.1. The summed E-state index contributed by atoms with van der Waals surface area (Å²) in [5, 5.41) is 10.0. The van der Waals surface area contributed by atoms with Crippen molar-refractivity contribution in [3.63, 3.8) is 0 Å². The van der Waals surface area contributed by atoms with E-state index in [9.17, 15) is 14.3 Å². The highest BCUT2D eigenvalue weighted by atomic mass is 19.1. The minimum Gasteiger partial charge on any atom is -0.393 e.